The first-order chi connectivity index (χ1) is 17.3. The van der Waals surface area contributed by atoms with Gasteiger partial charge in [0.2, 0.25) is 5.91 Å². The highest BCUT2D eigenvalue weighted by molar-refractivity contribution is 7.86. The van der Waals surface area contributed by atoms with E-state index in [0.717, 1.165) is 50.1 Å². The zero-order valence-electron chi connectivity index (χ0n) is 19.7. The molecule has 0 spiro atoms. The van der Waals surface area contributed by atoms with E-state index in [1.807, 2.05) is 23.7 Å². The number of benzene rings is 1. The molecule has 0 radical (unpaired) electrons. The van der Waals surface area contributed by atoms with Gasteiger partial charge < -0.3 is 15.2 Å². The number of carbonyl (C=O) groups is 1. The fourth-order valence-corrected chi connectivity index (χ4v) is 5.78. The molecule has 1 amide bonds. The summed E-state index contributed by atoms with van der Waals surface area (Å²) >= 11 is 1.61. The number of anilines is 2. The van der Waals surface area contributed by atoms with Crippen LogP contribution in [0.3, 0.4) is 0 Å². The molecule has 186 valence electrons. The van der Waals surface area contributed by atoms with Crippen molar-refractivity contribution in [1.29, 1.82) is 0 Å². The Morgan fingerprint density at radius 1 is 1.25 bits per heavy atom. The van der Waals surface area contributed by atoms with Gasteiger partial charge in [-0.2, -0.15) is 8.42 Å². The van der Waals surface area contributed by atoms with E-state index in [0.29, 0.717) is 32.4 Å². The van der Waals surface area contributed by atoms with Crippen molar-refractivity contribution in [2.24, 2.45) is 5.41 Å². The molecule has 9 nitrogen and oxygen atoms in total. The number of rotatable bonds is 7. The minimum absolute atomic E-state index is 0.0239. The smallest absolute Gasteiger partial charge is 0.264 e. The number of aromatic amines is 1. The van der Waals surface area contributed by atoms with Crippen LogP contribution >= 0.6 is 11.3 Å². The summed E-state index contributed by atoms with van der Waals surface area (Å²) in [6.07, 6.45) is 6.87. The second-order valence-corrected chi connectivity index (χ2v) is 12.0. The molecule has 6 rings (SSSR count). The van der Waals surface area contributed by atoms with Crippen LogP contribution in [0.2, 0.25) is 0 Å². The Labute approximate surface area is 212 Å². The summed E-state index contributed by atoms with van der Waals surface area (Å²) in [6, 6.07) is 10.2. The number of aromatic nitrogens is 3. The molecule has 1 saturated carbocycles. The monoisotopic (exact) mass is 523 g/mol. The quantitative estimate of drug-likeness (QED) is 0.347. The Bertz CT molecular complexity index is 1620. The Balaban J connectivity index is 1.18. The van der Waals surface area contributed by atoms with E-state index < -0.39 is 15.5 Å². The molecule has 1 fully saturated rings. The first-order valence-corrected chi connectivity index (χ1v) is 14.4. The standard InChI is InChI=1S/C25H25N5O4S2/c1-36(32,33)34-14-25(7-8-25)24(31)30-10-5-16(6-11-30)21-13-18-19(4-9-26-23(18)29-21)28-17-2-3-20-22(12-17)35-15-27-20/h2-5,9,12-13,15H,6-8,10-11,14H2,1H3,(H2,26,28,29). The van der Waals surface area contributed by atoms with Crippen molar-refractivity contribution >= 4 is 65.6 Å². The SMILES string of the molecule is CS(=O)(=O)OCC1(C(=O)N2CC=C(c3cc4c(Nc5ccc6ncsc6c5)ccnc4[nH]3)CC2)CC1. The number of thiazole rings is 1. The molecule has 36 heavy (non-hydrogen) atoms. The van der Waals surface area contributed by atoms with E-state index in [4.69, 9.17) is 4.18 Å². The van der Waals surface area contributed by atoms with Gasteiger partial charge in [0.05, 0.1) is 39.7 Å². The molecule has 11 heteroatoms. The summed E-state index contributed by atoms with van der Waals surface area (Å²) in [7, 11) is -3.57. The third kappa shape index (κ3) is 4.49. The molecule has 2 N–H and O–H groups in total. The van der Waals surface area contributed by atoms with Gasteiger partial charge in [0, 0.05) is 36.1 Å². The molecule has 4 aromatic rings. The highest BCUT2D eigenvalue weighted by Gasteiger charge is 2.52. The van der Waals surface area contributed by atoms with Gasteiger partial charge in [0.15, 0.2) is 0 Å². The Hall–Kier alpha value is -3.28. The molecule has 0 saturated heterocycles. The van der Waals surface area contributed by atoms with Crippen molar-refractivity contribution in [3.8, 4) is 0 Å². The lowest BCUT2D eigenvalue weighted by molar-refractivity contribution is -0.137. The predicted octanol–water partition coefficient (Wildman–Crippen LogP) is 4.29. The third-order valence-electron chi connectivity index (χ3n) is 6.84. The zero-order valence-corrected chi connectivity index (χ0v) is 21.3. The number of pyridine rings is 1. The van der Waals surface area contributed by atoms with Gasteiger partial charge in [-0.15, -0.1) is 11.3 Å². The van der Waals surface area contributed by atoms with E-state index in [2.05, 4.69) is 38.5 Å². The maximum Gasteiger partial charge on any atom is 0.264 e. The van der Waals surface area contributed by atoms with Crippen molar-refractivity contribution < 1.29 is 17.4 Å². The molecule has 0 bridgehead atoms. The number of amides is 1. The molecule has 0 atom stereocenters. The highest BCUT2D eigenvalue weighted by atomic mass is 32.2. The number of nitrogens with one attached hydrogen (secondary N) is 2. The molecule has 1 aliphatic heterocycles. The van der Waals surface area contributed by atoms with Crippen molar-refractivity contribution in [3.63, 3.8) is 0 Å². The Kier molecular flexibility index (Phi) is 5.58. The number of carbonyl (C=O) groups excluding carboxylic acids is 1. The minimum atomic E-state index is -3.57. The van der Waals surface area contributed by atoms with Crippen LogP contribution in [-0.4, -0.2) is 60.1 Å². The van der Waals surface area contributed by atoms with Crippen molar-refractivity contribution in [2.75, 3.05) is 31.3 Å². The van der Waals surface area contributed by atoms with Gasteiger partial charge in [-0.25, -0.2) is 9.97 Å². The van der Waals surface area contributed by atoms with Crippen molar-refractivity contribution in [2.45, 2.75) is 19.3 Å². The lowest BCUT2D eigenvalue weighted by Crippen LogP contribution is -2.41. The van der Waals surface area contributed by atoms with Crippen LogP contribution in [-0.2, 0) is 19.1 Å². The van der Waals surface area contributed by atoms with E-state index in [-0.39, 0.29) is 12.5 Å². The highest BCUT2D eigenvalue weighted by Crippen LogP contribution is 2.48. The molecule has 4 heterocycles. The normalized spacial score (nSPS) is 17.4. The van der Waals surface area contributed by atoms with Gasteiger partial charge in [-0.05, 0) is 55.2 Å². The second-order valence-electron chi connectivity index (χ2n) is 9.44. The molecule has 1 aliphatic carbocycles. The second kappa shape index (κ2) is 8.68. The summed E-state index contributed by atoms with van der Waals surface area (Å²) < 4.78 is 28.8. The fourth-order valence-electron chi connectivity index (χ4n) is 4.62. The van der Waals surface area contributed by atoms with Crippen LogP contribution in [0, 0.1) is 5.41 Å². The summed E-state index contributed by atoms with van der Waals surface area (Å²) in [5.74, 6) is -0.0239. The maximum atomic E-state index is 13.1. The van der Waals surface area contributed by atoms with E-state index in [9.17, 15) is 13.2 Å². The molecule has 1 aromatic carbocycles. The predicted molar refractivity (Wildman–Crippen MR) is 141 cm³/mol. The lowest BCUT2D eigenvalue weighted by atomic mass is 10.0. The lowest BCUT2D eigenvalue weighted by Gasteiger charge is -2.29. The average molecular weight is 524 g/mol. The van der Waals surface area contributed by atoms with Crippen LogP contribution in [0.5, 0.6) is 0 Å². The van der Waals surface area contributed by atoms with Gasteiger partial charge in [-0.1, -0.05) is 6.08 Å². The first kappa shape index (κ1) is 23.1. The van der Waals surface area contributed by atoms with Crippen molar-refractivity contribution in [1.82, 2.24) is 19.9 Å². The zero-order chi connectivity index (χ0) is 24.9. The third-order valence-corrected chi connectivity index (χ3v) is 8.18. The number of hydrogen-bond acceptors (Lipinski definition) is 8. The number of nitrogens with zero attached hydrogens (tertiary/aromatic N) is 3. The van der Waals surface area contributed by atoms with Gasteiger partial charge in [-0.3, -0.25) is 8.98 Å². The summed E-state index contributed by atoms with van der Waals surface area (Å²) in [4.78, 5) is 27.1. The molecular formula is C25H25N5O4S2. The number of hydrogen-bond donors (Lipinski definition) is 2. The number of H-pyrrole nitrogens is 1. The minimum Gasteiger partial charge on any atom is -0.355 e. The topological polar surface area (TPSA) is 117 Å². The van der Waals surface area contributed by atoms with Crippen LogP contribution in [0.1, 0.15) is 25.0 Å². The fraction of sp³-hybridized carbons (Fsp3) is 0.320. The largest absolute Gasteiger partial charge is 0.355 e. The van der Waals surface area contributed by atoms with Gasteiger partial charge >= 0.3 is 0 Å². The van der Waals surface area contributed by atoms with Crippen LogP contribution < -0.4 is 5.32 Å². The maximum absolute atomic E-state index is 13.1. The van der Waals surface area contributed by atoms with Crippen molar-refractivity contribution in [3.05, 3.63) is 53.8 Å². The summed E-state index contributed by atoms with van der Waals surface area (Å²) in [5.41, 5.74) is 7.00. The van der Waals surface area contributed by atoms with Gasteiger partial charge in [0.1, 0.15) is 5.65 Å². The molecule has 0 unspecified atom stereocenters. The Morgan fingerprint density at radius 3 is 2.86 bits per heavy atom. The molecular weight excluding hydrogens is 498 g/mol. The summed E-state index contributed by atoms with van der Waals surface area (Å²) in [5, 5.41) is 4.50. The molecule has 2 aliphatic rings. The first-order valence-electron chi connectivity index (χ1n) is 11.7. The van der Waals surface area contributed by atoms with E-state index >= 15 is 0 Å². The van der Waals surface area contributed by atoms with E-state index in [1.54, 1.807) is 22.4 Å². The average Bonchev–Trinajstić information content (AvgIpc) is 3.29. The summed E-state index contributed by atoms with van der Waals surface area (Å²) in [6.45, 7) is 0.989. The Morgan fingerprint density at radius 2 is 2.11 bits per heavy atom. The van der Waals surface area contributed by atoms with Crippen LogP contribution in [0.4, 0.5) is 11.4 Å². The van der Waals surface area contributed by atoms with E-state index in [1.165, 1.54) is 0 Å². The van der Waals surface area contributed by atoms with Gasteiger partial charge in [0.25, 0.3) is 10.1 Å². The van der Waals surface area contributed by atoms with Crippen LogP contribution in [0.25, 0.3) is 26.8 Å². The molecule has 3 aromatic heterocycles. The number of fused-ring (bicyclic) bond motifs is 2. The van der Waals surface area contributed by atoms with Crippen LogP contribution in [0.15, 0.2) is 48.1 Å².